The summed E-state index contributed by atoms with van der Waals surface area (Å²) in [4.78, 5) is 10.5. The maximum atomic E-state index is 10.5. The Morgan fingerprint density at radius 3 is 2.12 bits per heavy atom. The molecule has 0 spiro atoms. The number of ether oxygens (including phenoxy) is 1. The molecule has 0 saturated carbocycles. The van der Waals surface area contributed by atoms with Crippen LogP contribution in [0.4, 0.5) is 4.79 Å². The lowest BCUT2D eigenvalue weighted by Gasteiger charge is -2.18. The molecule has 0 aromatic heterocycles. The van der Waals surface area contributed by atoms with Crippen LogP contribution in [0.5, 0.6) is 0 Å². The fraction of sp³-hybridized carbons (Fsp3) is 0.462. The van der Waals surface area contributed by atoms with E-state index in [0.717, 1.165) is 12.0 Å². The van der Waals surface area contributed by atoms with Crippen molar-refractivity contribution in [1.82, 2.24) is 0 Å². The zero-order chi connectivity index (χ0) is 12.2. The van der Waals surface area contributed by atoms with Gasteiger partial charge in [-0.2, -0.15) is 0 Å². The first-order valence-corrected chi connectivity index (χ1v) is 5.75. The monoisotopic (exact) mass is 238 g/mol. The Labute approximate surface area is 102 Å². The normalized spacial score (nSPS) is 11.2. The van der Waals surface area contributed by atoms with Gasteiger partial charge in [-0.1, -0.05) is 57.7 Å². The molecule has 0 fully saturated rings. The van der Waals surface area contributed by atoms with Gasteiger partial charge >= 0.3 is 5.30 Å². The average molecular weight is 238 g/mol. The Bertz CT molecular complexity index is 349. The minimum Gasteiger partial charge on any atom is -0.453 e. The maximum Gasteiger partial charge on any atom is 0.364 e. The summed E-state index contributed by atoms with van der Waals surface area (Å²) < 4.78 is 4.79. The van der Waals surface area contributed by atoms with Crippen molar-refractivity contribution in [1.29, 1.82) is 0 Å². The summed E-state index contributed by atoms with van der Waals surface area (Å²) in [6.07, 6.45) is 1.04. The third kappa shape index (κ3) is 5.21. The molecule has 0 aliphatic carbocycles. The molecule has 0 saturated heterocycles. The number of hydrogen-bond donors (Lipinski definition) is 1. The number of hydrogen-bond acceptors (Lipinski definition) is 2. The quantitative estimate of drug-likeness (QED) is 0.639. The van der Waals surface area contributed by atoms with Crippen LogP contribution < -0.4 is 0 Å². The van der Waals surface area contributed by atoms with Crippen LogP contribution in [-0.4, -0.2) is 5.30 Å². The molecule has 0 radical (unpaired) electrons. The van der Waals surface area contributed by atoms with Gasteiger partial charge in [-0.3, -0.25) is 0 Å². The third-order valence-corrected chi connectivity index (χ3v) is 2.25. The molecule has 1 rings (SSSR count). The van der Waals surface area contributed by atoms with Crippen LogP contribution in [0.15, 0.2) is 24.3 Å². The highest BCUT2D eigenvalue weighted by Gasteiger charge is 2.10. The van der Waals surface area contributed by atoms with Crippen molar-refractivity contribution in [3.63, 3.8) is 0 Å². The minimum absolute atomic E-state index is 0.290. The number of rotatable bonds is 3. The van der Waals surface area contributed by atoms with E-state index < -0.39 is 5.30 Å². The number of benzene rings is 1. The average Bonchev–Trinajstić information content (AvgIpc) is 2.14. The van der Waals surface area contributed by atoms with E-state index in [9.17, 15) is 4.79 Å². The van der Waals surface area contributed by atoms with Gasteiger partial charge < -0.3 is 4.74 Å². The lowest BCUT2D eigenvalue weighted by molar-refractivity contribution is 0.169. The van der Waals surface area contributed by atoms with Crippen LogP contribution in [0.25, 0.3) is 0 Å². The predicted molar refractivity (Wildman–Crippen MR) is 68.8 cm³/mol. The van der Waals surface area contributed by atoms with E-state index in [4.69, 9.17) is 4.74 Å². The van der Waals surface area contributed by atoms with Gasteiger partial charge in [0.25, 0.3) is 0 Å². The van der Waals surface area contributed by atoms with Gasteiger partial charge in [-0.15, -0.1) is 0 Å². The molecular weight excluding hydrogens is 220 g/mol. The molecule has 2 nitrogen and oxygen atoms in total. The molecule has 88 valence electrons. The van der Waals surface area contributed by atoms with E-state index >= 15 is 0 Å². The largest absolute Gasteiger partial charge is 0.453 e. The minimum atomic E-state index is -0.543. The predicted octanol–water partition coefficient (Wildman–Crippen LogP) is 3.84. The second-order valence-electron chi connectivity index (χ2n) is 5.11. The molecule has 0 heterocycles. The van der Waals surface area contributed by atoms with Crippen LogP contribution in [0.1, 0.15) is 31.9 Å². The SMILES string of the molecule is CC(C)(C)Cc1ccc(COC(=O)S)cc1. The molecule has 0 amide bonds. The Kier molecular flexibility index (Phi) is 4.42. The Morgan fingerprint density at radius 2 is 1.69 bits per heavy atom. The van der Waals surface area contributed by atoms with Gasteiger partial charge in [-0.25, -0.2) is 4.79 Å². The second kappa shape index (κ2) is 5.39. The zero-order valence-electron chi connectivity index (χ0n) is 9.99. The molecule has 0 aliphatic rings. The molecule has 0 N–H and O–H groups in total. The molecule has 0 bridgehead atoms. The van der Waals surface area contributed by atoms with E-state index in [0.29, 0.717) is 5.41 Å². The van der Waals surface area contributed by atoms with Crippen molar-refractivity contribution in [2.45, 2.75) is 33.8 Å². The zero-order valence-corrected chi connectivity index (χ0v) is 10.9. The van der Waals surface area contributed by atoms with Crippen LogP contribution in [-0.2, 0) is 17.8 Å². The highest BCUT2D eigenvalue weighted by molar-refractivity contribution is 7.96. The summed E-state index contributed by atoms with van der Waals surface area (Å²) in [6, 6.07) is 8.12. The second-order valence-corrected chi connectivity index (χ2v) is 5.47. The first kappa shape index (κ1) is 13.1. The smallest absolute Gasteiger partial charge is 0.364 e. The molecule has 0 aliphatic heterocycles. The van der Waals surface area contributed by atoms with Gasteiger partial charge in [0, 0.05) is 0 Å². The molecule has 1 aromatic carbocycles. The van der Waals surface area contributed by atoms with E-state index in [1.54, 1.807) is 0 Å². The number of carbonyl (C=O) groups is 1. The summed E-state index contributed by atoms with van der Waals surface area (Å²) in [5, 5.41) is -0.543. The molecular formula is C13H18O2S. The topological polar surface area (TPSA) is 26.3 Å². The van der Waals surface area contributed by atoms with Crippen LogP contribution in [0, 0.1) is 5.41 Å². The molecule has 3 heteroatoms. The number of carbonyl (C=O) groups excluding carboxylic acids is 1. The van der Waals surface area contributed by atoms with E-state index in [1.165, 1.54) is 5.56 Å². The summed E-state index contributed by atoms with van der Waals surface area (Å²) in [7, 11) is 0. The molecule has 0 unspecified atom stereocenters. The Morgan fingerprint density at radius 1 is 1.19 bits per heavy atom. The van der Waals surface area contributed by atoms with Crippen molar-refractivity contribution in [3.8, 4) is 0 Å². The third-order valence-electron chi connectivity index (χ3n) is 2.12. The van der Waals surface area contributed by atoms with Gasteiger partial charge in [0.1, 0.15) is 6.61 Å². The first-order valence-electron chi connectivity index (χ1n) is 5.30. The fourth-order valence-corrected chi connectivity index (χ4v) is 1.58. The summed E-state index contributed by atoms with van der Waals surface area (Å²) in [6.45, 7) is 6.93. The number of thiol groups is 1. The lowest BCUT2D eigenvalue weighted by Crippen LogP contribution is -2.09. The van der Waals surface area contributed by atoms with E-state index in [-0.39, 0.29) is 6.61 Å². The van der Waals surface area contributed by atoms with Crippen molar-refractivity contribution in [2.24, 2.45) is 5.41 Å². The molecule has 16 heavy (non-hydrogen) atoms. The van der Waals surface area contributed by atoms with Crippen molar-refractivity contribution < 1.29 is 9.53 Å². The highest BCUT2D eigenvalue weighted by Crippen LogP contribution is 2.20. The summed E-state index contributed by atoms with van der Waals surface area (Å²) in [5.74, 6) is 0. The van der Waals surface area contributed by atoms with E-state index in [1.807, 2.05) is 12.1 Å². The summed E-state index contributed by atoms with van der Waals surface area (Å²) in [5.41, 5.74) is 2.58. The standard InChI is InChI=1S/C13H18O2S/c1-13(2,3)8-10-4-6-11(7-5-10)9-15-12(14)16/h4-7H,8-9H2,1-3H3,(H,14,16). The van der Waals surface area contributed by atoms with Gasteiger partial charge in [-0.05, 0) is 23.0 Å². The van der Waals surface area contributed by atoms with Crippen LogP contribution in [0.2, 0.25) is 0 Å². The first-order chi connectivity index (χ1) is 7.37. The van der Waals surface area contributed by atoms with Crippen LogP contribution in [0.3, 0.4) is 0 Å². The summed E-state index contributed by atoms with van der Waals surface area (Å²) >= 11 is 3.54. The highest BCUT2D eigenvalue weighted by atomic mass is 32.1. The van der Waals surface area contributed by atoms with Crippen molar-refractivity contribution >= 4 is 17.9 Å². The van der Waals surface area contributed by atoms with Crippen molar-refractivity contribution in [3.05, 3.63) is 35.4 Å². The van der Waals surface area contributed by atoms with Gasteiger partial charge in [0.2, 0.25) is 0 Å². The fourth-order valence-electron chi connectivity index (χ4n) is 1.51. The van der Waals surface area contributed by atoms with Crippen molar-refractivity contribution in [2.75, 3.05) is 0 Å². The lowest BCUT2D eigenvalue weighted by atomic mass is 9.88. The molecule has 0 atom stereocenters. The van der Waals surface area contributed by atoms with E-state index in [2.05, 4.69) is 45.5 Å². The van der Waals surface area contributed by atoms with Crippen LogP contribution >= 0.6 is 12.6 Å². The van der Waals surface area contributed by atoms with Gasteiger partial charge in [0.05, 0.1) is 0 Å². The molecule has 1 aromatic rings. The maximum absolute atomic E-state index is 10.5. The Balaban J connectivity index is 2.57. The Hall–Kier alpha value is -0.960. The van der Waals surface area contributed by atoms with Gasteiger partial charge in [0.15, 0.2) is 0 Å².